The number of hydrogen-bond acceptors (Lipinski definition) is 5. The van der Waals surface area contributed by atoms with Crippen LogP contribution in [-0.2, 0) is 19.6 Å². The van der Waals surface area contributed by atoms with Crippen LogP contribution in [0, 0.1) is 0 Å². The van der Waals surface area contributed by atoms with Gasteiger partial charge in [-0.3, -0.25) is 4.79 Å². The third kappa shape index (κ3) is 6.67. The lowest BCUT2D eigenvalue weighted by Crippen LogP contribution is -2.50. The summed E-state index contributed by atoms with van der Waals surface area (Å²) in [6.45, 7) is 2.20. The average Bonchev–Trinajstić information content (AvgIpc) is 2.61. The lowest BCUT2D eigenvalue weighted by molar-refractivity contribution is -0.142. The number of esters is 1. The summed E-state index contributed by atoms with van der Waals surface area (Å²) >= 11 is 0. The topological polar surface area (TPSA) is 98.5 Å². The van der Waals surface area contributed by atoms with Crippen molar-refractivity contribution in [3.8, 4) is 0 Å². The molecule has 20 heavy (non-hydrogen) atoms. The lowest BCUT2D eigenvalue weighted by Gasteiger charge is -2.28. The van der Waals surface area contributed by atoms with Crippen LogP contribution < -0.4 is 10.5 Å². The minimum atomic E-state index is -3.48. The third-order valence-corrected chi connectivity index (χ3v) is 4.95. The Labute approximate surface area is 121 Å². The van der Waals surface area contributed by atoms with Crippen LogP contribution in [0.15, 0.2) is 0 Å². The molecular weight excluding hydrogens is 280 g/mol. The van der Waals surface area contributed by atoms with E-state index in [2.05, 4.69) is 4.72 Å². The first-order valence-electron chi connectivity index (χ1n) is 7.29. The molecule has 0 bridgehead atoms. The van der Waals surface area contributed by atoms with Gasteiger partial charge in [0.05, 0.1) is 18.8 Å². The molecule has 1 aliphatic carbocycles. The van der Waals surface area contributed by atoms with Crippen LogP contribution in [0.3, 0.4) is 0 Å². The summed E-state index contributed by atoms with van der Waals surface area (Å²) in [5.74, 6) is -0.739. The molecule has 0 aliphatic heterocycles. The van der Waals surface area contributed by atoms with Crippen molar-refractivity contribution in [1.82, 2.24) is 4.72 Å². The fourth-order valence-corrected chi connectivity index (χ4v) is 3.47. The maximum absolute atomic E-state index is 11.8. The van der Waals surface area contributed by atoms with Gasteiger partial charge in [-0.25, -0.2) is 13.1 Å². The highest BCUT2D eigenvalue weighted by Gasteiger charge is 2.28. The second-order valence-electron chi connectivity index (χ2n) is 5.47. The Morgan fingerprint density at radius 1 is 1.25 bits per heavy atom. The number of sulfonamides is 1. The molecule has 0 radical (unpaired) electrons. The van der Waals surface area contributed by atoms with Crippen LogP contribution in [-0.4, -0.2) is 38.8 Å². The van der Waals surface area contributed by atoms with Gasteiger partial charge in [-0.15, -0.1) is 0 Å². The Morgan fingerprint density at radius 2 is 1.85 bits per heavy atom. The SMILES string of the molecule is CCOC(=O)CCS(=O)(=O)NCC1(N)CCCCCC1. The van der Waals surface area contributed by atoms with Crippen LogP contribution in [0.5, 0.6) is 0 Å². The predicted molar refractivity (Wildman–Crippen MR) is 77.7 cm³/mol. The monoisotopic (exact) mass is 306 g/mol. The fraction of sp³-hybridized carbons (Fsp3) is 0.923. The first-order chi connectivity index (χ1) is 9.37. The fourth-order valence-electron chi connectivity index (χ4n) is 2.39. The molecular formula is C13H26N2O4S. The van der Waals surface area contributed by atoms with E-state index >= 15 is 0 Å². The zero-order valence-electron chi connectivity index (χ0n) is 12.2. The molecule has 0 unspecified atom stereocenters. The van der Waals surface area contributed by atoms with E-state index in [1.165, 1.54) is 0 Å². The van der Waals surface area contributed by atoms with E-state index in [9.17, 15) is 13.2 Å². The van der Waals surface area contributed by atoms with E-state index in [-0.39, 0.29) is 25.3 Å². The highest BCUT2D eigenvalue weighted by molar-refractivity contribution is 7.89. The van der Waals surface area contributed by atoms with E-state index in [0.717, 1.165) is 38.5 Å². The van der Waals surface area contributed by atoms with E-state index in [1.54, 1.807) is 6.92 Å². The zero-order valence-corrected chi connectivity index (χ0v) is 13.0. The summed E-state index contributed by atoms with van der Waals surface area (Å²) in [6, 6.07) is 0. The van der Waals surface area contributed by atoms with Crippen molar-refractivity contribution < 1.29 is 17.9 Å². The molecule has 0 amide bonds. The van der Waals surface area contributed by atoms with Crippen LogP contribution in [0.25, 0.3) is 0 Å². The molecule has 0 heterocycles. The normalized spacial score (nSPS) is 19.3. The molecule has 1 rings (SSSR count). The highest BCUT2D eigenvalue weighted by atomic mass is 32.2. The standard InChI is InChI=1S/C13H26N2O4S/c1-2-19-12(16)7-10-20(17,18)15-11-13(14)8-5-3-4-6-9-13/h15H,2-11,14H2,1H3. The number of nitrogens with one attached hydrogen (secondary N) is 1. The highest BCUT2D eigenvalue weighted by Crippen LogP contribution is 2.24. The van der Waals surface area contributed by atoms with Gasteiger partial charge in [0.2, 0.25) is 10.0 Å². The Morgan fingerprint density at radius 3 is 2.40 bits per heavy atom. The second kappa shape index (κ2) is 7.95. The molecule has 3 N–H and O–H groups in total. The first-order valence-corrected chi connectivity index (χ1v) is 8.94. The van der Waals surface area contributed by atoms with Gasteiger partial charge in [-0.2, -0.15) is 0 Å². The molecule has 0 saturated heterocycles. The van der Waals surface area contributed by atoms with E-state index in [0.29, 0.717) is 0 Å². The number of ether oxygens (including phenoxy) is 1. The Hall–Kier alpha value is -0.660. The first kappa shape index (κ1) is 17.4. The molecule has 0 spiro atoms. The van der Waals surface area contributed by atoms with E-state index < -0.39 is 21.5 Å². The summed E-state index contributed by atoms with van der Waals surface area (Å²) in [7, 11) is -3.48. The van der Waals surface area contributed by atoms with Gasteiger partial charge in [0.1, 0.15) is 0 Å². The van der Waals surface area contributed by atoms with Crippen LogP contribution in [0.1, 0.15) is 51.9 Å². The Kier molecular flexibility index (Phi) is 6.91. The van der Waals surface area contributed by atoms with Gasteiger partial charge in [-0.1, -0.05) is 25.7 Å². The number of carbonyl (C=O) groups excluding carboxylic acids is 1. The number of rotatable bonds is 7. The minimum Gasteiger partial charge on any atom is -0.466 e. The van der Waals surface area contributed by atoms with Crippen molar-refractivity contribution >= 4 is 16.0 Å². The van der Waals surface area contributed by atoms with Gasteiger partial charge in [0.25, 0.3) is 0 Å². The van der Waals surface area contributed by atoms with Gasteiger partial charge >= 0.3 is 5.97 Å². The number of nitrogens with two attached hydrogens (primary N) is 1. The second-order valence-corrected chi connectivity index (χ2v) is 7.40. The van der Waals surface area contributed by atoms with Crippen molar-refractivity contribution in [3.63, 3.8) is 0 Å². The summed E-state index contributed by atoms with van der Waals surface area (Å²) in [5, 5.41) is 0. The zero-order chi connectivity index (χ0) is 15.1. The molecule has 0 aromatic rings. The summed E-state index contributed by atoms with van der Waals surface area (Å²) < 4.78 is 30.9. The molecule has 118 valence electrons. The molecule has 6 nitrogen and oxygen atoms in total. The number of carbonyl (C=O) groups is 1. The van der Waals surface area contributed by atoms with Crippen molar-refractivity contribution in [2.75, 3.05) is 18.9 Å². The van der Waals surface area contributed by atoms with Gasteiger partial charge in [0.15, 0.2) is 0 Å². The molecule has 0 aromatic carbocycles. The predicted octanol–water partition coefficient (Wildman–Crippen LogP) is 0.911. The van der Waals surface area contributed by atoms with Crippen molar-refractivity contribution in [3.05, 3.63) is 0 Å². The molecule has 1 saturated carbocycles. The smallest absolute Gasteiger partial charge is 0.306 e. The van der Waals surface area contributed by atoms with Crippen LogP contribution in [0.2, 0.25) is 0 Å². The average molecular weight is 306 g/mol. The third-order valence-electron chi connectivity index (χ3n) is 3.62. The van der Waals surface area contributed by atoms with Gasteiger partial charge < -0.3 is 10.5 Å². The maximum atomic E-state index is 11.8. The Bertz CT molecular complexity index is 401. The molecule has 0 atom stereocenters. The molecule has 1 aliphatic rings. The van der Waals surface area contributed by atoms with Gasteiger partial charge in [-0.05, 0) is 19.8 Å². The van der Waals surface area contributed by atoms with Gasteiger partial charge in [0, 0.05) is 12.1 Å². The van der Waals surface area contributed by atoms with Crippen LogP contribution in [0.4, 0.5) is 0 Å². The van der Waals surface area contributed by atoms with Crippen molar-refractivity contribution in [1.29, 1.82) is 0 Å². The Balaban J connectivity index is 2.39. The van der Waals surface area contributed by atoms with E-state index in [1.807, 2.05) is 0 Å². The summed E-state index contributed by atoms with van der Waals surface area (Å²) in [6.07, 6.45) is 5.97. The lowest BCUT2D eigenvalue weighted by atomic mass is 9.92. The molecule has 1 fully saturated rings. The van der Waals surface area contributed by atoms with Crippen molar-refractivity contribution in [2.45, 2.75) is 57.4 Å². The van der Waals surface area contributed by atoms with E-state index in [4.69, 9.17) is 10.5 Å². The quantitative estimate of drug-likeness (QED) is 0.538. The van der Waals surface area contributed by atoms with Crippen molar-refractivity contribution in [2.24, 2.45) is 5.73 Å². The molecule has 7 heteroatoms. The summed E-state index contributed by atoms with van der Waals surface area (Å²) in [5.41, 5.74) is 5.80. The summed E-state index contributed by atoms with van der Waals surface area (Å²) in [4.78, 5) is 11.2. The van der Waals surface area contributed by atoms with Crippen LogP contribution >= 0.6 is 0 Å². The minimum absolute atomic E-state index is 0.124. The maximum Gasteiger partial charge on any atom is 0.306 e. The largest absolute Gasteiger partial charge is 0.466 e. The molecule has 0 aromatic heterocycles. The number of hydrogen-bond donors (Lipinski definition) is 2.